The fourth-order valence-electron chi connectivity index (χ4n) is 4.96. The molecule has 188 valence electrons. The minimum absolute atomic E-state index is 0.0435. The number of amides is 1. The van der Waals surface area contributed by atoms with Crippen molar-refractivity contribution < 1.29 is 14.7 Å². The van der Waals surface area contributed by atoms with E-state index in [1.54, 1.807) is 17.6 Å². The first kappa shape index (κ1) is 27.0. The number of carbonyl (C=O) groups excluding carboxylic acids is 1. The van der Waals surface area contributed by atoms with E-state index < -0.39 is 5.97 Å². The van der Waals surface area contributed by atoms with Gasteiger partial charge < -0.3 is 10.0 Å². The van der Waals surface area contributed by atoms with E-state index in [1.807, 2.05) is 6.92 Å². The molecular formula is C25H32N4O4S2. The molecule has 2 saturated heterocycles. The van der Waals surface area contributed by atoms with Gasteiger partial charge in [0.15, 0.2) is 0 Å². The van der Waals surface area contributed by atoms with Gasteiger partial charge in [-0.15, -0.1) is 0 Å². The Hall–Kier alpha value is -2.64. The number of carboxylic acid groups (broad SMARTS) is 1. The molecule has 0 aromatic carbocycles. The third-order valence-electron chi connectivity index (χ3n) is 6.38. The topological polar surface area (TPSA) is 107 Å². The molecule has 0 spiro atoms. The Morgan fingerprint density at radius 3 is 2.49 bits per heavy atom. The molecule has 10 heteroatoms. The third kappa shape index (κ3) is 5.78. The number of carboxylic acids is 1. The van der Waals surface area contributed by atoms with Gasteiger partial charge in [-0.05, 0) is 49.7 Å². The second kappa shape index (κ2) is 11.4. The Kier molecular flexibility index (Phi) is 8.78. The van der Waals surface area contributed by atoms with E-state index in [0.717, 1.165) is 31.7 Å². The molecule has 2 aliphatic heterocycles. The Labute approximate surface area is 215 Å². The predicted octanol–water partition coefficient (Wildman–Crippen LogP) is 3.99. The van der Waals surface area contributed by atoms with E-state index in [2.05, 4.69) is 24.8 Å². The van der Waals surface area contributed by atoms with Crippen molar-refractivity contribution in [1.82, 2.24) is 9.47 Å². The highest BCUT2D eigenvalue weighted by Gasteiger charge is 2.34. The Morgan fingerprint density at radius 2 is 1.91 bits per heavy atom. The summed E-state index contributed by atoms with van der Waals surface area (Å²) in [5.74, 6) is 0.449. The van der Waals surface area contributed by atoms with Crippen LogP contribution in [0.3, 0.4) is 0 Å². The van der Waals surface area contributed by atoms with E-state index in [4.69, 9.17) is 17.3 Å². The lowest BCUT2D eigenvalue weighted by Crippen LogP contribution is -2.43. The molecular weight excluding hydrogens is 484 g/mol. The molecule has 0 aliphatic carbocycles. The van der Waals surface area contributed by atoms with Crippen LogP contribution in [0.2, 0.25) is 0 Å². The number of thiocarbonyl (C=S) groups is 1. The lowest BCUT2D eigenvalue weighted by Gasteiger charge is -2.39. The van der Waals surface area contributed by atoms with Crippen LogP contribution in [-0.2, 0) is 16.1 Å². The SMILES string of the molecule is CCCn1c(N2CC(C)CC(C)C2)c(/C=C2/SC(=S)N(CCCC(=O)O)C2=O)c(C)c(C#N)c1=O. The number of thioether (sulfide) groups is 1. The van der Waals surface area contributed by atoms with Crippen LogP contribution in [0.15, 0.2) is 9.70 Å². The fourth-order valence-corrected chi connectivity index (χ4v) is 6.25. The molecule has 2 fully saturated rings. The maximum absolute atomic E-state index is 13.3. The van der Waals surface area contributed by atoms with Crippen molar-refractivity contribution in [3.63, 3.8) is 0 Å². The largest absolute Gasteiger partial charge is 0.481 e. The Morgan fingerprint density at radius 1 is 1.26 bits per heavy atom. The van der Waals surface area contributed by atoms with E-state index in [9.17, 15) is 19.6 Å². The van der Waals surface area contributed by atoms with Gasteiger partial charge in [0, 0.05) is 38.2 Å². The highest BCUT2D eigenvalue weighted by atomic mass is 32.2. The summed E-state index contributed by atoms with van der Waals surface area (Å²) in [7, 11) is 0. The number of carbonyl (C=O) groups is 2. The van der Waals surface area contributed by atoms with Crippen LogP contribution in [0.4, 0.5) is 5.82 Å². The molecule has 1 aromatic rings. The summed E-state index contributed by atoms with van der Waals surface area (Å²) in [6, 6.07) is 2.08. The number of aliphatic carboxylic acids is 1. The molecule has 2 aliphatic rings. The summed E-state index contributed by atoms with van der Waals surface area (Å²) < 4.78 is 2.07. The standard InChI is InChI=1S/C25H32N4O4S2/c1-5-8-28-22(27-13-15(2)10-16(3)14-27)18(17(4)19(12-26)23(28)32)11-20-24(33)29(25(34)35-20)9-6-7-21(30)31/h11,15-16H,5-10,13-14H2,1-4H3,(H,30,31)/b20-11+. The first-order valence-corrected chi connectivity index (χ1v) is 13.2. The highest BCUT2D eigenvalue weighted by Crippen LogP contribution is 2.37. The van der Waals surface area contributed by atoms with E-state index in [0.29, 0.717) is 45.2 Å². The molecule has 0 radical (unpaired) electrons. The van der Waals surface area contributed by atoms with Crippen LogP contribution >= 0.6 is 24.0 Å². The minimum Gasteiger partial charge on any atom is -0.481 e. The molecule has 35 heavy (non-hydrogen) atoms. The summed E-state index contributed by atoms with van der Waals surface area (Å²) in [4.78, 5) is 41.4. The van der Waals surface area contributed by atoms with Gasteiger partial charge >= 0.3 is 5.97 Å². The molecule has 8 nitrogen and oxygen atoms in total. The van der Waals surface area contributed by atoms with Crippen LogP contribution in [-0.4, -0.2) is 50.4 Å². The maximum Gasteiger partial charge on any atom is 0.303 e. The molecule has 0 saturated carbocycles. The van der Waals surface area contributed by atoms with E-state index in [-0.39, 0.29) is 30.0 Å². The summed E-state index contributed by atoms with van der Waals surface area (Å²) in [6.45, 7) is 10.4. The summed E-state index contributed by atoms with van der Waals surface area (Å²) in [6.07, 6.45) is 3.86. The average Bonchev–Trinajstić information content (AvgIpc) is 3.04. The monoisotopic (exact) mass is 516 g/mol. The molecule has 1 aromatic heterocycles. The van der Waals surface area contributed by atoms with Gasteiger partial charge in [0.25, 0.3) is 11.5 Å². The minimum atomic E-state index is -0.918. The highest BCUT2D eigenvalue weighted by molar-refractivity contribution is 8.26. The van der Waals surface area contributed by atoms with Gasteiger partial charge in [-0.25, -0.2) is 0 Å². The van der Waals surface area contributed by atoms with Crippen LogP contribution < -0.4 is 10.5 Å². The summed E-state index contributed by atoms with van der Waals surface area (Å²) >= 11 is 6.58. The smallest absolute Gasteiger partial charge is 0.303 e. The van der Waals surface area contributed by atoms with Crippen molar-refractivity contribution in [3.8, 4) is 6.07 Å². The second-order valence-corrected chi connectivity index (χ2v) is 11.2. The van der Waals surface area contributed by atoms with Gasteiger partial charge in [-0.2, -0.15) is 5.26 Å². The lowest BCUT2D eigenvalue weighted by molar-refractivity contribution is -0.137. The van der Waals surface area contributed by atoms with Crippen molar-refractivity contribution in [2.45, 2.75) is 59.9 Å². The number of rotatable bonds is 8. The Balaban J connectivity index is 2.14. The first-order chi connectivity index (χ1) is 16.6. The quantitative estimate of drug-likeness (QED) is 0.408. The molecule has 0 bridgehead atoms. The van der Waals surface area contributed by atoms with E-state index in [1.165, 1.54) is 16.7 Å². The summed E-state index contributed by atoms with van der Waals surface area (Å²) in [5, 5.41) is 18.7. The van der Waals surface area contributed by atoms with Crippen LogP contribution in [0.5, 0.6) is 0 Å². The van der Waals surface area contributed by atoms with Gasteiger partial charge in [0.05, 0.1) is 4.91 Å². The normalized spacial score (nSPS) is 21.6. The van der Waals surface area contributed by atoms with Gasteiger partial charge in [0.1, 0.15) is 21.8 Å². The second-order valence-electron chi connectivity index (χ2n) is 9.49. The van der Waals surface area contributed by atoms with Gasteiger partial charge in [-0.3, -0.25) is 23.9 Å². The number of nitrogens with zero attached hydrogens (tertiary/aromatic N) is 4. The number of anilines is 1. The van der Waals surface area contributed by atoms with Crippen LogP contribution in [0.25, 0.3) is 6.08 Å². The van der Waals surface area contributed by atoms with Crippen molar-refractivity contribution in [1.29, 1.82) is 5.26 Å². The summed E-state index contributed by atoms with van der Waals surface area (Å²) in [5.41, 5.74) is 1.04. The molecule has 2 unspecified atom stereocenters. The zero-order valence-corrected chi connectivity index (χ0v) is 22.3. The van der Waals surface area contributed by atoms with Crippen molar-refractivity contribution in [3.05, 3.63) is 31.9 Å². The number of hydrogen-bond donors (Lipinski definition) is 1. The van der Waals surface area contributed by atoms with Crippen molar-refractivity contribution in [2.75, 3.05) is 24.5 Å². The average molecular weight is 517 g/mol. The van der Waals surface area contributed by atoms with Crippen LogP contribution in [0.1, 0.15) is 63.1 Å². The molecule has 3 heterocycles. The van der Waals surface area contributed by atoms with Crippen molar-refractivity contribution in [2.24, 2.45) is 11.8 Å². The molecule has 2 atom stereocenters. The third-order valence-corrected chi connectivity index (χ3v) is 7.76. The number of pyridine rings is 1. The lowest BCUT2D eigenvalue weighted by atomic mass is 9.91. The Bertz CT molecular complexity index is 1160. The fraction of sp³-hybridized carbons (Fsp3) is 0.560. The van der Waals surface area contributed by atoms with Gasteiger partial charge in [-0.1, -0.05) is 44.8 Å². The molecule has 1 N–H and O–H groups in total. The number of aromatic nitrogens is 1. The predicted molar refractivity (Wildman–Crippen MR) is 142 cm³/mol. The van der Waals surface area contributed by atoms with E-state index >= 15 is 0 Å². The molecule has 1 amide bonds. The molecule has 3 rings (SSSR count). The van der Waals surface area contributed by atoms with Crippen LogP contribution in [0, 0.1) is 30.1 Å². The van der Waals surface area contributed by atoms with Crippen molar-refractivity contribution >= 4 is 52.1 Å². The maximum atomic E-state index is 13.3. The van der Waals surface area contributed by atoms with Gasteiger partial charge in [0.2, 0.25) is 0 Å². The number of hydrogen-bond acceptors (Lipinski definition) is 7. The number of nitriles is 1. The zero-order valence-electron chi connectivity index (χ0n) is 20.7. The zero-order chi connectivity index (χ0) is 25.9. The first-order valence-electron chi connectivity index (χ1n) is 12.0. The number of piperidine rings is 1.